The zero-order valence-electron chi connectivity index (χ0n) is 8.96. The fourth-order valence-electron chi connectivity index (χ4n) is 2.22. The Hall–Kier alpha value is -1.58. The van der Waals surface area contributed by atoms with Crippen molar-refractivity contribution in [1.29, 1.82) is 0 Å². The van der Waals surface area contributed by atoms with Crippen molar-refractivity contribution in [1.82, 2.24) is 0 Å². The smallest absolute Gasteiger partial charge is 0.304 e. The van der Waals surface area contributed by atoms with Gasteiger partial charge in [-0.15, -0.1) is 0 Å². The van der Waals surface area contributed by atoms with Gasteiger partial charge in [0.05, 0.1) is 6.42 Å². The van der Waals surface area contributed by atoms with E-state index in [1.165, 1.54) is 12.1 Å². The molecule has 1 aliphatic rings. The van der Waals surface area contributed by atoms with E-state index in [4.69, 9.17) is 5.11 Å². The zero-order chi connectivity index (χ0) is 11.9. The van der Waals surface area contributed by atoms with Gasteiger partial charge in [0.1, 0.15) is 0 Å². The molecule has 0 spiro atoms. The van der Waals surface area contributed by atoms with Crippen LogP contribution in [-0.4, -0.2) is 16.2 Å². The fourth-order valence-corrected chi connectivity index (χ4v) is 2.22. The highest BCUT2D eigenvalue weighted by Crippen LogP contribution is 2.52. The number of carbonyl (C=O) groups is 1. The molecule has 0 saturated heterocycles. The topological polar surface area (TPSA) is 57.5 Å². The number of aliphatic carboxylic acids is 1. The molecule has 3 nitrogen and oxygen atoms in total. The van der Waals surface area contributed by atoms with Crippen LogP contribution in [0.4, 0.5) is 4.39 Å². The molecule has 16 heavy (non-hydrogen) atoms. The number of phenols is 1. The predicted molar refractivity (Wildman–Crippen MR) is 56.0 cm³/mol. The molecular formula is C12H13FO3. The highest BCUT2D eigenvalue weighted by atomic mass is 19.1. The van der Waals surface area contributed by atoms with Crippen LogP contribution in [0.3, 0.4) is 0 Å². The SMILES string of the molecule is Cc1cc(O)c(F)cc1C1(CC(=O)O)CC1. The van der Waals surface area contributed by atoms with Crippen molar-refractivity contribution in [2.24, 2.45) is 0 Å². The lowest BCUT2D eigenvalue weighted by Gasteiger charge is -2.16. The van der Waals surface area contributed by atoms with Gasteiger partial charge in [0.2, 0.25) is 0 Å². The lowest BCUT2D eigenvalue weighted by atomic mass is 9.89. The Morgan fingerprint density at radius 2 is 2.12 bits per heavy atom. The standard InChI is InChI=1S/C12H13FO3/c1-7-4-10(14)9(13)5-8(7)12(2-3-12)6-11(15)16/h4-5,14H,2-3,6H2,1H3,(H,15,16). The summed E-state index contributed by atoms with van der Waals surface area (Å²) in [6.45, 7) is 1.76. The number of carboxylic acid groups (broad SMARTS) is 1. The van der Waals surface area contributed by atoms with Gasteiger partial charge in [-0.3, -0.25) is 4.79 Å². The molecule has 0 amide bonds. The monoisotopic (exact) mass is 224 g/mol. The number of rotatable bonds is 3. The van der Waals surface area contributed by atoms with Crippen molar-refractivity contribution in [3.05, 3.63) is 29.1 Å². The number of benzene rings is 1. The van der Waals surface area contributed by atoms with Crippen molar-refractivity contribution >= 4 is 5.97 Å². The molecule has 1 saturated carbocycles. The quantitative estimate of drug-likeness (QED) is 0.828. The first kappa shape index (κ1) is 10.9. The van der Waals surface area contributed by atoms with Gasteiger partial charge in [-0.1, -0.05) is 0 Å². The zero-order valence-corrected chi connectivity index (χ0v) is 8.96. The van der Waals surface area contributed by atoms with Crippen LogP contribution in [0.5, 0.6) is 5.75 Å². The summed E-state index contributed by atoms with van der Waals surface area (Å²) in [6.07, 6.45) is 1.56. The van der Waals surface area contributed by atoms with Gasteiger partial charge < -0.3 is 10.2 Å². The summed E-state index contributed by atoms with van der Waals surface area (Å²) in [5.74, 6) is -1.94. The predicted octanol–water partition coefficient (Wildman–Crippen LogP) is 2.35. The molecule has 86 valence electrons. The molecule has 1 fully saturated rings. The van der Waals surface area contributed by atoms with Crippen LogP contribution >= 0.6 is 0 Å². The largest absolute Gasteiger partial charge is 0.505 e. The Kier molecular flexibility index (Phi) is 2.37. The van der Waals surface area contributed by atoms with E-state index in [1.54, 1.807) is 6.92 Å². The van der Waals surface area contributed by atoms with E-state index in [1.807, 2.05) is 0 Å². The van der Waals surface area contributed by atoms with E-state index in [-0.39, 0.29) is 12.2 Å². The summed E-state index contributed by atoms with van der Waals surface area (Å²) in [6, 6.07) is 2.62. The summed E-state index contributed by atoms with van der Waals surface area (Å²) < 4.78 is 13.3. The molecule has 4 heteroatoms. The van der Waals surface area contributed by atoms with Crippen molar-refractivity contribution in [2.75, 3.05) is 0 Å². The number of aryl methyl sites for hydroxylation is 1. The maximum atomic E-state index is 13.3. The first-order valence-electron chi connectivity index (χ1n) is 5.16. The molecule has 1 aromatic carbocycles. The van der Waals surface area contributed by atoms with E-state index in [2.05, 4.69) is 0 Å². The number of carboxylic acids is 1. The van der Waals surface area contributed by atoms with Gasteiger partial charge in [-0.25, -0.2) is 4.39 Å². The molecule has 0 heterocycles. The van der Waals surface area contributed by atoms with Crippen molar-refractivity contribution < 1.29 is 19.4 Å². The molecule has 0 aromatic heterocycles. The minimum Gasteiger partial charge on any atom is -0.505 e. The minimum atomic E-state index is -0.870. The third kappa shape index (κ3) is 1.75. The molecule has 0 aliphatic heterocycles. The molecule has 0 unspecified atom stereocenters. The van der Waals surface area contributed by atoms with Crippen LogP contribution in [0, 0.1) is 12.7 Å². The van der Waals surface area contributed by atoms with Gasteiger partial charge in [0, 0.05) is 5.41 Å². The van der Waals surface area contributed by atoms with Gasteiger partial charge in [0.15, 0.2) is 11.6 Å². The van der Waals surface area contributed by atoms with Crippen LogP contribution in [0.1, 0.15) is 30.4 Å². The lowest BCUT2D eigenvalue weighted by molar-refractivity contribution is -0.137. The van der Waals surface area contributed by atoms with Gasteiger partial charge >= 0.3 is 5.97 Å². The number of phenolic OH excluding ortho intramolecular Hbond substituents is 1. The Bertz CT molecular complexity index is 450. The fraction of sp³-hybridized carbons (Fsp3) is 0.417. The lowest BCUT2D eigenvalue weighted by Crippen LogP contribution is -2.14. The first-order chi connectivity index (χ1) is 7.44. The van der Waals surface area contributed by atoms with Crippen molar-refractivity contribution in [3.63, 3.8) is 0 Å². The molecule has 1 aliphatic carbocycles. The average molecular weight is 224 g/mol. The molecule has 0 radical (unpaired) electrons. The van der Waals surface area contributed by atoms with Crippen LogP contribution in [-0.2, 0) is 10.2 Å². The Labute approximate surface area is 92.5 Å². The number of hydrogen-bond acceptors (Lipinski definition) is 2. The van der Waals surface area contributed by atoms with Crippen molar-refractivity contribution in [2.45, 2.75) is 31.6 Å². The van der Waals surface area contributed by atoms with Gasteiger partial charge in [-0.2, -0.15) is 0 Å². The summed E-state index contributed by atoms with van der Waals surface area (Å²) in [5.41, 5.74) is 1.05. The maximum Gasteiger partial charge on any atom is 0.304 e. The molecule has 2 N–H and O–H groups in total. The summed E-state index contributed by atoms with van der Waals surface area (Å²) in [5, 5.41) is 18.0. The minimum absolute atomic E-state index is 0.0258. The third-order valence-electron chi connectivity index (χ3n) is 3.21. The van der Waals surface area contributed by atoms with Crippen LogP contribution in [0.2, 0.25) is 0 Å². The Morgan fingerprint density at radius 1 is 1.50 bits per heavy atom. The van der Waals surface area contributed by atoms with E-state index in [0.717, 1.165) is 18.4 Å². The highest BCUT2D eigenvalue weighted by Gasteiger charge is 2.47. The van der Waals surface area contributed by atoms with Crippen LogP contribution < -0.4 is 0 Å². The summed E-state index contributed by atoms with van der Waals surface area (Å²) >= 11 is 0. The second-order valence-corrected chi connectivity index (χ2v) is 4.47. The van der Waals surface area contributed by atoms with Crippen LogP contribution in [0.15, 0.2) is 12.1 Å². The number of hydrogen-bond donors (Lipinski definition) is 2. The number of aromatic hydroxyl groups is 1. The Morgan fingerprint density at radius 3 is 2.62 bits per heavy atom. The van der Waals surface area contributed by atoms with Crippen molar-refractivity contribution in [3.8, 4) is 5.75 Å². The Balaban J connectivity index is 2.41. The summed E-state index contributed by atoms with van der Waals surface area (Å²) in [4.78, 5) is 10.7. The molecular weight excluding hydrogens is 211 g/mol. The molecule has 2 rings (SSSR count). The molecule has 0 bridgehead atoms. The normalized spacial score (nSPS) is 17.1. The third-order valence-corrected chi connectivity index (χ3v) is 3.21. The second-order valence-electron chi connectivity index (χ2n) is 4.47. The van der Waals surface area contributed by atoms with E-state index < -0.39 is 17.2 Å². The van der Waals surface area contributed by atoms with E-state index in [9.17, 15) is 14.3 Å². The van der Waals surface area contributed by atoms with Gasteiger partial charge in [-0.05, 0) is 43.0 Å². The van der Waals surface area contributed by atoms with Gasteiger partial charge in [0.25, 0.3) is 0 Å². The van der Waals surface area contributed by atoms with E-state index in [0.29, 0.717) is 5.56 Å². The average Bonchev–Trinajstić information content (AvgIpc) is 2.91. The van der Waals surface area contributed by atoms with Crippen LogP contribution in [0.25, 0.3) is 0 Å². The highest BCUT2D eigenvalue weighted by molar-refractivity contribution is 5.70. The number of halogens is 1. The summed E-state index contributed by atoms with van der Waals surface area (Å²) in [7, 11) is 0. The maximum absolute atomic E-state index is 13.3. The van der Waals surface area contributed by atoms with E-state index >= 15 is 0 Å². The first-order valence-corrected chi connectivity index (χ1v) is 5.16. The molecule has 1 aromatic rings. The molecule has 0 atom stereocenters. The second kappa shape index (κ2) is 3.47.